The number of halogens is 3. The van der Waals surface area contributed by atoms with Crippen LogP contribution in [-0.2, 0) is 21.4 Å². The van der Waals surface area contributed by atoms with Gasteiger partial charge in [-0.2, -0.15) is 4.31 Å². The number of hydrogen-bond acceptors (Lipinski definition) is 4. The van der Waals surface area contributed by atoms with E-state index in [2.05, 4.69) is 5.32 Å². The van der Waals surface area contributed by atoms with Crippen molar-refractivity contribution < 1.29 is 17.9 Å². The van der Waals surface area contributed by atoms with Crippen LogP contribution >= 0.6 is 34.8 Å². The van der Waals surface area contributed by atoms with Crippen LogP contribution in [0.25, 0.3) is 0 Å². The van der Waals surface area contributed by atoms with E-state index in [4.69, 9.17) is 39.5 Å². The Labute approximate surface area is 201 Å². The lowest BCUT2D eigenvalue weighted by Gasteiger charge is -2.22. The highest BCUT2D eigenvalue weighted by Gasteiger charge is 2.27. The summed E-state index contributed by atoms with van der Waals surface area (Å²) in [7, 11) is -2.51. The molecule has 0 bridgehead atoms. The Hall–Kier alpha value is -2.29. The van der Waals surface area contributed by atoms with Crippen molar-refractivity contribution in [2.45, 2.75) is 11.4 Å². The molecule has 1 amide bonds. The van der Waals surface area contributed by atoms with Crippen LogP contribution in [0.2, 0.25) is 15.1 Å². The number of amides is 1. The van der Waals surface area contributed by atoms with Crippen molar-refractivity contribution in [3.05, 3.63) is 87.4 Å². The zero-order chi connectivity index (χ0) is 23.3. The van der Waals surface area contributed by atoms with Crippen LogP contribution in [0.3, 0.4) is 0 Å². The molecular formula is C22H19Cl3N2O4S. The highest BCUT2D eigenvalue weighted by Crippen LogP contribution is 2.26. The summed E-state index contributed by atoms with van der Waals surface area (Å²) in [6, 6.07) is 17.3. The Kier molecular flexibility index (Phi) is 8.03. The molecule has 0 radical (unpaired) electrons. The van der Waals surface area contributed by atoms with Gasteiger partial charge in [-0.1, -0.05) is 46.9 Å². The second-order valence-electron chi connectivity index (χ2n) is 6.76. The van der Waals surface area contributed by atoms with E-state index in [9.17, 15) is 13.2 Å². The summed E-state index contributed by atoms with van der Waals surface area (Å²) in [4.78, 5) is 12.7. The number of anilines is 1. The quantitative estimate of drug-likeness (QED) is 0.432. The van der Waals surface area contributed by atoms with Gasteiger partial charge < -0.3 is 10.1 Å². The standard InChI is InChI=1S/C22H19Cl3N2O4S/c1-31-18-4-2-3-17(12-18)26-22(28)14-27(13-15-5-10-20(24)21(25)11-15)32(29,30)19-8-6-16(23)7-9-19/h2-12H,13-14H2,1H3,(H,26,28). The third-order valence-corrected chi connectivity index (χ3v) is 7.26. The van der Waals surface area contributed by atoms with Gasteiger partial charge in [0.1, 0.15) is 5.75 Å². The maximum absolute atomic E-state index is 13.3. The summed E-state index contributed by atoms with van der Waals surface area (Å²) >= 11 is 17.9. The van der Waals surface area contributed by atoms with E-state index in [1.165, 1.54) is 31.4 Å². The lowest BCUT2D eigenvalue weighted by atomic mass is 10.2. The lowest BCUT2D eigenvalue weighted by molar-refractivity contribution is -0.116. The van der Waals surface area contributed by atoms with E-state index in [-0.39, 0.29) is 16.5 Å². The monoisotopic (exact) mass is 512 g/mol. The topological polar surface area (TPSA) is 75.7 Å². The fourth-order valence-electron chi connectivity index (χ4n) is 2.88. The fourth-order valence-corrected chi connectivity index (χ4v) is 4.72. The van der Waals surface area contributed by atoms with Crippen molar-refractivity contribution in [2.24, 2.45) is 0 Å². The molecule has 0 aromatic heterocycles. The molecule has 0 heterocycles. The molecular weight excluding hydrogens is 495 g/mol. The van der Waals surface area contributed by atoms with Gasteiger partial charge in [0.25, 0.3) is 0 Å². The van der Waals surface area contributed by atoms with Gasteiger partial charge in [-0.15, -0.1) is 0 Å². The van der Waals surface area contributed by atoms with Crippen molar-refractivity contribution in [2.75, 3.05) is 19.0 Å². The van der Waals surface area contributed by atoms with Gasteiger partial charge in [0.05, 0.1) is 28.6 Å². The van der Waals surface area contributed by atoms with Gasteiger partial charge in [-0.25, -0.2) is 8.42 Å². The van der Waals surface area contributed by atoms with E-state index in [1.807, 2.05) is 0 Å². The first-order valence-electron chi connectivity index (χ1n) is 9.32. The minimum absolute atomic E-state index is 0.0103. The minimum Gasteiger partial charge on any atom is -0.497 e. The Balaban J connectivity index is 1.89. The Morgan fingerprint density at radius 2 is 1.69 bits per heavy atom. The minimum atomic E-state index is -4.03. The van der Waals surface area contributed by atoms with Crippen LogP contribution in [0.4, 0.5) is 5.69 Å². The summed E-state index contributed by atoms with van der Waals surface area (Å²) < 4.78 is 32.8. The van der Waals surface area contributed by atoms with Crippen LogP contribution in [-0.4, -0.2) is 32.3 Å². The van der Waals surface area contributed by atoms with Gasteiger partial charge in [0.15, 0.2) is 0 Å². The second-order valence-corrected chi connectivity index (χ2v) is 9.94. The average Bonchev–Trinajstić information content (AvgIpc) is 2.76. The zero-order valence-corrected chi connectivity index (χ0v) is 20.0. The van der Waals surface area contributed by atoms with Crippen LogP contribution in [0, 0.1) is 0 Å². The maximum Gasteiger partial charge on any atom is 0.243 e. The molecule has 0 unspecified atom stereocenters. The number of benzene rings is 3. The molecule has 0 aliphatic carbocycles. The van der Waals surface area contributed by atoms with Gasteiger partial charge in [0.2, 0.25) is 15.9 Å². The highest BCUT2D eigenvalue weighted by atomic mass is 35.5. The van der Waals surface area contributed by atoms with Crippen molar-refractivity contribution in [1.29, 1.82) is 0 Å². The van der Waals surface area contributed by atoms with E-state index < -0.39 is 22.5 Å². The number of rotatable bonds is 8. The molecule has 32 heavy (non-hydrogen) atoms. The molecule has 0 saturated heterocycles. The molecule has 0 saturated carbocycles. The first-order valence-corrected chi connectivity index (χ1v) is 11.9. The Bertz CT molecular complexity index is 1220. The number of carbonyl (C=O) groups excluding carboxylic acids is 1. The SMILES string of the molecule is COc1cccc(NC(=O)CN(Cc2ccc(Cl)c(Cl)c2)S(=O)(=O)c2ccc(Cl)cc2)c1. The van der Waals surface area contributed by atoms with Crippen molar-refractivity contribution in [3.63, 3.8) is 0 Å². The van der Waals surface area contributed by atoms with Crippen molar-refractivity contribution in [1.82, 2.24) is 4.31 Å². The molecule has 0 spiro atoms. The summed E-state index contributed by atoms with van der Waals surface area (Å²) in [5, 5.41) is 3.72. The number of nitrogens with zero attached hydrogens (tertiary/aromatic N) is 1. The Morgan fingerprint density at radius 1 is 0.969 bits per heavy atom. The van der Waals surface area contributed by atoms with E-state index in [1.54, 1.807) is 42.5 Å². The highest BCUT2D eigenvalue weighted by molar-refractivity contribution is 7.89. The number of ether oxygens (including phenoxy) is 1. The fraction of sp³-hybridized carbons (Fsp3) is 0.136. The zero-order valence-electron chi connectivity index (χ0n) is 16.9. The van der Waals surface area contributed by atoms with E-state index in [0.717, 1.165) is 4.31 Å². The summed E-state index contributed by atoms with van der Waals surface area (Å²) in [5.74, 6) is 0.0418. The number of carbonyl (C=O) groups is 1. The van der Waals surface area contributed by atoms with Gasteiger partial charge in [0, 0.05) is 23.3 Å². The molecule has 1 N–H and O–H groups in total. The van der Waals surface area contributed by atoms with Crippen LogP contribution in [0.1, 0.15) is 5.56 Å². The third kappa shape index (κ3) is 6.15. The molecule has 3 rings (SSSR count). The predicted octanol–water partition coefficient (Wildman–Crippen LogP) is 5.49. The van der Waals surface area contributed by atoms with Crippen LogP contribution < -0.4 is 10.1 Å². The number of nitrogens with one attached hydrogen (secondary N) is 1. The molecule has 6 nitrogen and oxygen atoms in total. The maximum atomic E-state index is 13.3. The van der Waals surface area contributed by atoms with Gasteiger partial charge in [-0.05, 0) is 54.1 Å². The molecule has 3 aromatic rings. The number of hydrogen-bond donors (Lipinski definition) is 1. The summed E-state index contributed by atoms with van der Waals surface area (Å²) in [5.41, 5.74) is 1.05. The van der Waals surface area contributed by atoms with Crippen molar-refractivity contribution in [3.8, 4) is 5.75 Å². The van der Waals surface area contributed by atoms with Gasteiger partial charge >= 0.3 is 0 Å². The molecule has 0 aliphatic heterocycles. The van der Waals surface area contributed by atoms with Crippen LogP contribution in [0.15, 0.2) is 71.6 Å². The molecule has 0 aliphatic rings. The first kappa shape index (κ1) is 24.4. The second kappa shape index (κ2) is 10.6. The third-order valence-electron chi connectivity index (χ3n) is 4.47. The Morgan fingerprint density at radius 3 is 2.34 bits per heavy atom. The predicted molar refractivity (Wildman–Crippen MR) is 127 cm³/mol. The molecule has 10 heteroatoms. The molecule has 3 aromatic carbocycles. The van der Waals surface area contributed by atoms with E-state index >= 15 is 0 Å². The number of sulfonamides is 1. The van der Waals surface area contributed by atoms with E-state index in [0.29, 0.717) is 27.0 Å². The normalized spacial score (nSPS) is 11.4. The van der Waals surface area contributed by atoms with Gasteiger partial charge in [-0.3, -0.25) is 4.79 Å². The number of methoxy groups -OCH3 is 1. The summed E-state index contributed by atoms with van der Waals surface area (Å²) in [6.45, 7) is -0.518. The molecule has 168 valence electrons. The largest absolute Gasteiger partial charge is 0.497 e. The molecule has 0 atom stereocenters. The smallest absolute Gasteiger partial charge is 0.243 e. The summed E-state index contributed by atoms with van der Waals surface area (Å²) in [6.07, 6.45) is 0. The average molecular weight is 514 g/mol. The van der Waals surface area contributed by atoms with Crippen LogP contribution in [0.5, 0.6) is 5.75 Å². The molecule has 0 fully saturated rings. The van der Waals surface area contributed by atoms with Crippen molar-refractivity contribution >= 4 is 56.4 Å². The first-order chi connectivity index (χ1) is 15.2. The lowest BCUT2D eigenvalue weighted by Crippen LogP contribution is -2.37.